The minimum Gasteiger partial charge on any atom is -0.351 e. The summed E-state index contributed by atoms with van der Waals surface area (Å²) in [6.07, 6.45) is 1.75. The number of hydrogen-bond acceptors (Lipinski definition) is 2. The molecule has 1 aromatic rings. The van der Waals surface area contributed by atoms with Crippen molar-refractivity contribution in [3.63, 3.8) is 0 Å². The summed E-state index contributed by atoms with van der Waals surface area (Å²) in [4.78, 5) is 11.9. The average molecular weight is 242 g/mol. The first-order chi connectivity index (χ1) is 8.81. The summed E-state index contributed by atoms with van der Waals surface area (Å²) in [5.74, 6) is 5.73. The van der Waals surface area contributed by atoms with Crippen LogP contribution in [0.2, 0.25) is 0 Å². The number of nitrogens with one attached hydrogen (secondary N) is 2. The van der Waals surface area contributed by atoms with Crippen LogP contribution in [0.3, 0.4) is 0 Å². The average Bonchev–Trinajstić information content (AvgIpc) is 2.43. The van der Waals surface area contributed by atoms with Crippen molar-refractivity contribution in [2.24, 2.45) is 0 Å². The topological polar surface area (TPSA) is 41.1 Å². The maximum Gasteiger partial charge on any atom is 0.251 e. The molecule has 0 aromatic heterocycles. The minimum absolute atomic E-state index is 0.0127. The Morgan fingerprint density at radius 2 is 2.33 bits per heavy atom. The summed E-state index contributed by atoms with van der Waals surface area (Å²) in [7, 11) is 0. The molecule has 1 heterocycles. The maximum atomic E-state index is 11.9. The predicted molar refractivity (Wildman–Crippen MR) is 72.3 cm³/mol. The SMILES string of the molecule is CC#CCCNC(=O)c1ccc2c(c1)CNCC2. The third-order valence-corrected chi connectivity index (χ3v) is 3.07. The number of carbonyl (C=O) groups is 1. The summed E-state index contributed by atoms with van der Waals surface area (Å²) >= 11 is 0. The van der Waals surface area contributed by atoms with Crippen LogP contribution in [0.1, 0.15) is 34.8 Å². The van der Waals surface area contributed by atoms with Gasteiger partial charge in [-0.3, -0.25) is 4.79 Å². The summed E-state index contributed by atoms with van der Waals surface area (Å²) in [6, 6.07) is 5.96. The van der Waals surface area contributed by atoms with Crippen molar-refractivity contribution in [3.8, 4) is 11.8 Å². The molecule has 2 N–H and O–H groups in total. The Kier molecular flexibility index (Phi) is 4.38. The van der Waals surface area contributed by atoms with E-state index in [1.54, 1.807) is 6.92 Å². The van der Waals surface area contributed by atoms with Crippen LogP contribution < -0.4 is 10.6 Å². The third-order valence-electron chi connectivity index (χ3n) is 3.07. The second kappa shape index (κ2) is 6.23. The van der Waals surface area contributed by atoms with Gasteiger partial charge in [-0.05, 0) is 43.1 Å². The molecular formula is C15H18N2O. The third kappa shape index (κ3) is 3.12. The molecule has 3 nitrogen and oxygen atoms in total. The molecule has 0 saturated carbocycles. The highest BCUT2D eigenvalue weighted by Gasteiger charge is 2.11. The molecule has 1 aliphatic heterocycles. The van der Waals surface area contributed by atoms with Gasteiger partial charge in [0.25, 0.3) is 5.91 Å². The van der Waals surface area contributed by atoms with Gasteiger partial charge >= 0.3 is 0 Å². The predicted octanol–water partition coefficient (Wildman–Crippen LogP) is 1.48. The van der Waals surface area contributed by atoms with Crippen molar-refractivity contribution in [1.29, 1.82) is 0 Å². The van der Waals surface area contributed by atoms with Gasteiger partial charge < -0.3 is 10.6 Å². The van der Waals surface area contributed by atoms with Crippen LogP contribution in [0.15, 0.2) is 18.2 Å². The van der Waals surface area contributed by atoms with E-state index < -0.39 is 0 Å². The molecule has 3 heteroatoms. The van der Waals surface area contributed by atoms with Gasteiger partial charge in [0.1, 0.15) is 0 Å². The quantitative estimate of drug-likeness (QED) is 0.622. The Morgan fingerprint density at radius 1 is 1.44 bits per heavy atom. The summed E-state index contributed by atoms with van der Waals surface area (Å²) in [5, 5.41) is 6.20. The van der Waals surface area contributed by atoms with Crippen molar-refractivity contribution in [2.45, 2.75) is 26.3 Å². The summed E-state index contributed by atoms with van der Waals surface area (Å²) in [6.45, 7) is 4.29. The fourth-order valence-electron chi connectivity index (χ4n) is 2.09. The van der Waals surface area contributed by atoms with Gasteiger partial charge in [0.2, 0.25) is 0 Å². The highest BCUT2D eigenvalue weighted by molar-refractivity contribution is 5.94. The first kappa shape index (κ1) is 12.7. The minimum atomic E-state index is -0.0127. The van der Waals surface area contributed by atoms with E-state index in [1.807, 2.05) is 12.1 Å². The molecule has 18 heavy (non-hydrogen) atoms. The number of carbonyl (C=O) groups excluding carboxylic acids is 1. The molecule has 2 rings (SSSR count). The van der Waals surface area contributed by atoms with Gasteiger partial charge in [-0.2, -0.15) is 0 Å². The zero-order chi connectivity index (χ0) is 12.8. The number of fused-ring (bicyclic) bond motifs is 1. The van der Waals surface area contributed by atoms with Crippen molar-refractivity contribution < 1.29 is 4.79 Å². The lowest BCUT2D eigenvalue weighted by molar-refractivity contribution is 0.0954. The molecule has 0 spiro atoms. The molecule has 1 amide bonds. The van der Waals surface area contributed by atoms with Gasteiger partial charge in [0.15, 0.2) is 0 Å². The van der Waals surface area contributed by atoms with E-state index in [4.69, 9.17) is 0 Å². The molecule has 1 aromatic carbocycles. The largest absolute Gasteiger partial charge is 0.351 e. The Morgan fingerprint density at radius 3 is 3.17 bits per heavy atom. The van der Waals surface area contributed by atoms with E-state index in [-0.39, 0.29) is 5.91 Å². The van der Waals surface area contributed by atoms with Crippen LogP contribution in [0.5, 0.6) is 0 Å². The molecule has 0 saturated heterocycles. The van der Waals surface area contributed by atoms with E-state index in [1.165, 1.54) is 11.1 Å². The van der Waals surface area contributed by atoms with Crippen LogP contribution in [-0.2, 0) is 13.0 Å². The van der Waals surface area contributed by atoms with Crippen molar-refractivity contribution >= 4 is 5.91 Å². The first-order valence-electron chi connectivity index (χ1n) is 6.31. The van der Waals surface area contributed by atoms with Crippen molar-refractivity contribution in [2.75, 3.05) is 13.1 Å². The van der Waals surface area contributed by atoms with Gasteiger partial charge in [-0.15, -0.1) is 11.8 Å². The molecule has 94 valence electrons. The van der Waals surface area contributed by atoms with Crippen LogP contribution in [0.4, 0.5) is 0 Å². The lowest BCUT2D eigenvalue weighted by atomic mass is 9.98. The molecule has 0 aliphatic carbocycles. The molecule has 1 aliphatic rings. The van der Waals surface area contributed by atoms with E-state index in [9.17, 15) is 4.79 Å². The molecule has 0 fully saturated rings. The highest BCUT2D eigenvalue weighted by Crippen LogP contribution is 2.15. The molecule has 0 atom stereocenters. The second-order valence-corrected chi connectivity index (χ2v) is 4.34. The molecule has 0 unspecified atom stereocenters. The molecule has 0 radical (unpaired) electrons. The first-order valence-corrected chi connectivity index (χ1v) is 6.31. The monoisotopic (exact) mass is 242 g/mol. The Labute approximate surface area is 108 Å². The Balaban J connectivity index is 1.99. The van der Waals surface area contributed by atoms with E-state index in [0.29, 0.717) is 13.0 Å². The van der Waals surface area contributed by atoms with Crippen LogP contribution in [0.25, 0.3) is 0 Å². The number of hydrogen-bond donors (Lipinski definition) is 2. The number of amides is 1. The Hall–Kier alpha value is -1.79. The van der Waals surface area contributed by atoms with E-state index >= 15 is 0 Å². The number of rotatable bonds is 3. The fourth-order valence-corrected chi connectivity index (χ4v) is 2.09. The van der Waals surface area contributed by atoms with Crippen LogP contribution in [0, 0.1) is 11.8 Å². The summed E-state index contributed by atoms with van der Waals surface area (Å²) in [5.41, 5.74) is 3.33. The normalized spacial score (nSPS) is 13.2. The highest BCUT2D eigenvalue weighted by atomic mass is 16.1. The summed E-state index contributed by atoms with van der Waals surface area (Å²) < 4.78 is 0. The number of benzene rings is 1. The second-order valence-electron chi connectivity index (χ2n) is 4.34. The lowest BCUT2D eigenvalue weighted by Gasteiger charge is -2.17. The zero-order valence-electron chi connectivity index (χ0n) is 10.7. The molecular weight excluding hydrogens is 224 g/mol. The van der Waals surface area contributed by atoms with Crippen LogP contribution in [-0.4, -0.2) is 19.0 Å². The van der Waals surface area contributed by atoms with Gasteiger partial charge in [0.05, 0.1) is 0 Å². The van der Waals surface area contributed by atoms with E-state index in [0.717, 1.165) is 25.1 Å². The van der Waals surface area contributed by atoms with Crippen molar-refractivity contribution in [3.05, 3.63) is 34.9 Å². The maximum absolute atomic E-state index is 11.9. The smallest absolute Gasteiger partial charge is 0.251 e. The van der Waals surface area contributed by atoms with Gasteiger partial charge in [0, 0.05) is 25.1 Å². The van der Waals surface area contributed by atoms with Crippen LogP contribution >= 0.6 is 0 Å². The van der Waals surface area contributed by atoms with Crippen molar-refractivity contribution in [1.82, 2.24) is 10.6 Å². The lowest BCUT2D eigenvalue weighted by Crippen LogP contribution is -2.26. The zero-order valence-corrected chi connectivity index (χ0v) is 10.7. The molecule has 0 bridgehead atoms. The van der Waals surface area contributed by atoms with Gasteiger partial charge in [-0.1, -0.05) is 6.07 Å². The van der Waals surface area contributed by atoms with Gasteiger partial charge in [-0.25, -0.2) is 0 Å². The standard InChI is InChI=1S/C15H18N2O/c1-2-3-4-8-17-15(18)13-6-5-12-7-9-16-11-14(12)10-13/h5-6,10,16H,4,7-9,11H2,1H3,(H,17,18). The Bertz CT molecular complexity index is 497. The fraction of sp³-hybridized carbons (Fsp3) is 0.400. The van der Waals surface area contributed by atoms with E-state index in [2.05, 4.69) is 28.5 Å².